The highest BCUT2D eigenvalue weighted by Gasteiger charge is 2.45. The molecule has 7 nitrogen and oxygen atoms in total. The second kappa shape index (κ2) is 5.55. The van der Waals surface area contributed by atoms with Gasteiger partial charge in [-0.05, 0) is 0 Å². The molecule has 16 heavy (non-hydrogen) atoms. The van der Waals surface area contributed by atoms with Gasteiger partial charge in [0.1, 0.15) is 24.4 Å². The number of hydrogen-bond acceptors (Lipinski definition) is 6. The first kappa shape index (κ1) is 13.3. The summed E-state index contributed by atoms with van der Waals surface area (Å²) < 4.78 is 9.96. The summed E-state index contributed by atoms with van der Waals surface area (Å²) in [4.78, 5) is 10.9. The molecule has 0 aromatic rings. The number of rotatable bonds is 3. The Bertz CT molecular complexity index is 248. The summed E-state index contributed by atoms with van der Waals surface area (Å²) in [5.41, 5.74) is 0. The molecule has 0 bridgehead atoms. The summed E-state index contributed by atoms with van der Waals surface area (Å²) >= 11 is 0. The Morgan fingerprint density at radius 2 is 2.12 bits per heavy atom. The van der Waals surface area contributed by atoms with Gasteiger partial charge in [-0.1, -0.05) is 0 Å². The third-order valence-corrected chi connectivity index (χ3v) is 2.51. The number of carbonyl (C=O) groups excluding carboxylic acids is 1. The number of amides is 1. The first-order chi connectivity index (χ1) is 7.51. The molecule has 7 heteroatoms. The van der Waals surface area contributed by atoms with Crippen LogP contribution in [0.2, 0.25) is 0 Å². The fraction of sp³-hybridized carbons (Fsp3) is 0.889. The molecule has 4 N–H and O–H groups in total. The molecule has 1 amide bonds. The average Bonchev–Trinajstić information content (AvgIpc) is 2.23. The van der Waals surface area contributed by atoms with Gasteiger partial charge in [0.05, 0.1) is 6.61 Å². The number of hydrogen-bond donors (Lipinski definition) is 4. The van der Waals surface area contributed by atoms with E-state index < -0.39 is 37.3 Å². The molecule has 1 saturated heterocycles. The molecule has 2 unspecified atom stereocenters. The van der Waals surface area contributed by atoms with E-state index in [2.05, 4.69) is 5.32 Å². The number of nitrogens with one attached hydrogen (secondary N) is 1. The monoisotopic (exact) mass is 235 g/mol. The van der Waals surface area contributed by atoms with Crippen LogP contribution in [0.5, 0.6) is 0 Å². The Morgan fingerprint density at radius 3 is 2.56 bits per heavy atom. The van der Waals surface area contributed by atoms with Crippen LogP contribution in [-0.4, -0.2) is 65.6 Å². The maximum Gasteiger partial charge on any atom is 0.217 e. The van der Waals surface area contributed by atoms with Gasteiger partial charge in [0.2, 0.25) is 5.91 Å². The zero-order valence-corrected chi connectivity index (χ0v) is 9.16. The van der Waals surface area contributed by atoms with E-state index in [9.17, 15) is 15.0 Å². The van der Waals surface area contributed by atoms with E-state index in [1.165, 1.54) is 14.0 Å². The summed E-state index contributed by atoms with van der Waals surface area (Å²) in [7, 11) is 1.34. The second-order valence-electron chi connectivity index (χ2n) is 3.66. The first-order valence-electron chi connectivity index (χ1n) is 4.93. The minimum absolute atomic E-state index is 0.371. The summed E-state index contributed by atoms with van der Waals surface area (Å²) in [6.45, 7) is 0.842. The van der Waals surface area contributed by atoms with Crippen LogP contribution in [0.15, 0.2) is 0 Å². The fourth-order valence-corrected chi connectivity index (χ4v) is 1.76. The smallest absolute Gasteiger partial charge is 0.217 e. The molecule has 1 aliphatic heterocycles. The van der Waals surface area contributed by atoms with E-state index in [1.54, 1.807) is 0 Å². The average molecular weight is 235 g/mol. The molecule has 1 fully saturated rings. The Hall–Kier alpha value is -0.730. The van der Waals surface area contributed by atoms with Crippen molar-refractivity contribution in [3.8, 4) is 0 Å². The Labute approximate surface area is 93.0 Å². The molecule has 0 aromatic heterocycles. The van der Waals surface area contributed by atoms with Crippen molar-refractivity contribution in [2.75, 3.05) is 13.7 Å². The minimum atomic E-state index is -1.32. The summed E-state index contributed by atoms with van der Waals surface area (Å²) in [5, 5.41) is 30.7. The highest BCUT2D eigenvalue weighted by atomic mass is 16.6. The van der Waals surface area contributed by atoms with Crippen molar-refractivity contribution in [3.05, 3.63) is 0 Å². The molecular weight excluding hydrogens is 218 g/mol. The molecule has 0 spiro atoms. The van der Waals surface area contributed by atoms with Crippen LogP contribution >= 0.6 is 0 Å². The molecular formula is C9H17NO6. The minimum Gasteiger partial charge on any atom is -0.394 e. The number of ether oxygens (including phenoxy) is 2. The molecule has 1 heterocycles. The van der Waals surface area contributed by atoms with Crippen molar-refractivity contribution in [2.45, 2.75) is 37.6 Å². The van der Waals surface area contributed by atoms with Crippen molar-refractivity contribution in [3.63, 3.8) is 0 Å². The van der Waals surface area contributed by atoms with Crippen molar-refractivity contribution in [1.82, 2.24) is 5.32 Å². The molecule has 0 aromatic carbocycles. The molecule has 94 valence electrons. The van der Waals surface area contributed by atoms with Gasteiger partial charge in [-0.2, -0.15) is 0 Å². The SMILES string of the molecule is COC1[C@@H](NC(C)=O)C(O)O[C@H](CO)[C@@H]1O. The number of carbonyl (C=O) groups is 1. The van der Waals surface area contributed by atoms with Gasteiger partial charge in [-0.15, -0.1) is 0 Å². The number of methoxy groups -OCH3 is 1. The number of aliphatic hydroxyl groups is 3. The molecule has 1 aliphatic rings. The van der Waals surface area contributed by atoms with Crippen LogP contribution in [0, 0.1) is 0 Å². The highest BCUT2D eigenvalue weighted by molar-refractivity contribution is 5.73. The van der Waals surface area contributed by atoms with Gasteiger partial charge in [0.25, 0.3) is 0 Å². The maximum absolute atomic E-state index is 10.9. The van der Waals surface area contributed by atoms with E-state index in [0.29, 0.717) is 0 Å². The largest absolute Gasteiger partial charge is 0.394 e. The second-order valence-corrected chi connectivity index (χ2v) is 3.66. The fourth-order valence-electron chi connectivity index (χ4n) is 1.76. The lowest BCUT2D eigenvalue weighted by atomic mass is 9.97. The third kappa shape index (κ3) is 2.69. The lowest BCUT2D eigenvalue weighted by molar-refractivity contribution is -0.258. The van der Waals surface area contributed by atoms with Crippen molar-refractivity contribution in [1.29, 1.82) is 0 Å². The van der Waals surface area contributed by atoms with Crippen LogP contribution in [0.3, 0.4) is 0 Å². The summed E-state index contributed by atoms with van der Waals surface area (Å²) in [5.74, 6) is -0.371. The zero-order valence-electron chi connectivity index (χ0n) is 9.16. The first-order valence-corrected chi connectivity index (χ1v) is 4.93. The van der Waals surface area contributed by atoms with Crippen LogP contribution in [0.1, 0.15) is 6.92 Å². The lowest BCUT2D eigenvalue weighted by Crippen LogP contribution is -2.64. The Kier molecular flexibility index (Phi) is 4.63. The van der Waals surface area contributed by atoms with E-state index in [4.69, 9.17) is 14.6 Å². The van der Waals surface area contributed by atoms with Crippen LogP contribution in [-0.2, 0) is 14.3 Å². The quantitative estimate of drug-likeness (QED) is 0.433. The lowest BCUT2D eigenvalue weighted by Gasteiger charge is -2.41. The van der Waals surface area contributed by atoms with Gasteiger partial charge in [0, 0.05) is 14.0 Å². The zero-order chi connectivity index (χ0) is 12.3. The highest BCUT2D eigenvalue weighted by Crippen LogP contribution is 2.21. The predicted octanol–water partition coefficient (Wildman–Crippen LogP) is -2.42. The van der Waals surface area contributed by atoms with E-state index >= 15 is 0 Å². The van der Waals surface area contributed by atoms with Gasteiger partial charge < -0.3 is 30.1 Å². The van der Waals surface area contributed by atoms with Crippen molar-refractivity contribution < 1.29 is 29.6 Å². The van der Waals surface area contributed by atoms with E-state index in [1.807, 2.05) is 0 Å². The molecule has 1 rings (SSSR count). The van der Waals surface area contributed by atoms with E-state index in [0.717, 1.165) is 0 Å². The third-order valence-electron chi connectivity index (χ3n) is 2.51. The Morgan fingerprint density at radius 1 is 1.50 bits per heavy atom. The van der Waals surface area contributed by atoms with Gasteiger partial charge in [-0.3, -0.25) is 4.79 Å². The molecule has 5 atom stereocenters. The van der Waals surface area contributed by atoms with Gasteiger partial charge >= 0.3 is 0 Å². The summed E-state index contributed by atoms with van der Waals surface area (Å²) in [6.07, 6.45) is -4.19. The van der Waals surface area contributed by atoms with Crippen molar-refractivity contribution in [2.24, 2.45) is 0 Å². The summed E-state index contributed by atoms with van der Waals surface area (Å²) in [6, 6.07) is -0.861. The van der Waals surface area contributed by atoms with Crippen molar-refractivity contribution >= 4 is 5.91 Å². The topological polar surface area (TPSA) is 108 Å². The van der Waals surface area contributed by atoms with E-state index in [-0.39, 0.29) is 5.91 Å². The van der Waals surface area contributed by atoms with Crippen LogP contribution in [0.4, 0.5) is 0 Å². The van der Waals surface area contributed by atoms with Crippen LogP contribution in [0.25, 0.3) is 0 Å². The molecule has 0 saturated carbocycles. The normalized spacial score (nSPS) is 39.4. The van der Waals surface area contributed by atoms with Crippen LogP contribution < -0.4 is 5.32 Å². The molecule has 0 aliphatic carbocycles. The Balaban J connectivity index is 2.78. The predicted molar refractivity (Wildman–Crippen MR) is 52.4 cm³/mol. The standard InChI is InChI=1S/C9H17NO6/c1-4(12)10-6-8(15-2)7(13)5(3-11)16-9(6)14/h5-9,11,13-14H,3H2,1-2H3,(H,10,12)/t5-,6-,7+,8?,9?/m1/s1. The molecule has 0 radical (unpaired) electrons. The maximum atomic E-state index is 10.9. The van der Waals surface area contributed by atoms with Gasteiger partial charge in [0.15, 0.2) is 6.29 Å². The van der Waals surface area contributed by atoms with Gasteiger partial charge in [-0.25, -0.2) is 0 Å². The number of aliphatic hydroxyl groups excluding tert-OH is 3.